The van der Waals surface area contributed by atoms with Crippen LogP contribution in [0.5, 0.6) is 5.75 Å². The Morgan fingerprint density at radius 1 is 1.08 bits per heavy atom. The molecular weight excluding hydrogens is 376 g/mol. The standard InChI is InChI=1S/C18H19ClN2O4S/c1-13-6-7-14(16(22)12-13)18(23)20-8-10-21(11-9-20)26(24,25)17-5-3-2-4-15(17)19/h2-7,12,22H,8-11H2,1H3. The number of hydrogen-bond donors (Lipinski definition) is 1. The minimum absolute atomic E-state index is 0.0672. The largest absolute Gasteiger partial charge is 0.507 e. The molecule has 26 heavy (non-hydrogen) atoms. The normalized spacial score (nSPS) is 15.8. The van der Waals surface area contributed by atoms with Crippen LogP contribution in [0.3, 0.4) is 0 Å². The van der Waals surface area contributed by atoms with Crippen molar-refractivity contribution in [3.05, 3.63) is 58.6 Å². The Morgan fingerprint density at radius 3 is 2.35 bits per heavy atom. The van der Waals surface area contributed by atoms with Crippen molar-refractivity contribution in [3.63, 3.8) is 0 Å². The van der Waals surface area contributed by atoms with Gasteiger partial charge in [0.15, 0.2) is 0 Å². The SMILES string of the molecule is Cc1ccc(C(=O)N2CCN(S(=O)(=O)c3ccccc3Cl)CC2)c(O)c1. The van der Waals surface area contributed by atoms with Gasteiger partial charge in [-0.25, -0.2) is 8.42 Å². The molecule has 0 unspecified atom stereocenters. The Morgan fingerprint density at radius 2 is 1.73 bits per heavy atom. The number of hydrogen-bond acceptors (Lipinski definition) is 4. The van der Waals surface area contributed by atoms with E-state index in [1.807, 2.05) is 6.92 Å². The van der Waals surface area contributed by atoms with Gasteiger partial charge in [-0.1, -0.05) is 29.8 Å². The number of nitrogens with zero attached hydrogens (tertiary/aromatic N) is 2. The molecule has 6 nitrogen and oxygen atoms in total. The number of amides is 1. The summed E-state index contributed by atoms with van der Waals surface area (Å²) in [6.07, 6.45) is 0. The second-order valence-electron chi connectivity index (χ2n) is 6.15. The number of aryl methyl sites for hydroxylation is 1. The zero-order valence-corrected chi connectivity index (χ0v) is 15.8. The Hall–Kier alpha value is -2.09. The number of phenolic OH excluding ortho intramolecular Hbond substituents is 1. The smallest absolute Gasteiger partial charge is 0.257 e. The molecule has 1 saturated heterocycles. The summed E-state index contributed by atoms with van der Waals surface area (Å²) < 4.78 is 26.8. The Balaban J connectivity index is 1.73. The molecule has 0 saturated carbocycles. The van der Waals surface area contributed by atoms with E-state index in [9.17, 15) is 18.3 Å². The molecule has 1 aliphatic heterocycles. The van der Waals surface area contributed by atoms with Crippen LogP contribution in [-0.4, -0.2) is 54.8 Å². The van der Waals surface area contributed by atoms with Crippen molar-refractivity contribution in [3.8, 4) is 5.75 Å². The third-order valence-electron chi connectivity index (χ3n) is 4.36. The van der Waals surface area contributed by atoms with Gasteiger partial charge in [-0.05, 0) is 36.8 Å². The van der Waals surface area contributed by atoms with E-state index in [4.69, 9.17) is 11.6 Å². The molecule has 1 fully saturated rings. The van der Waals surface area contributed by atoms with Gasteiger partial charge < -0.3 is 10.0 Å². The van der Waals surface area contributed by atoms with Gasteiger partial charge in [0.2, 0.25) is 10.0 Å². The molecule has 3 rings (SSSR count). The highest BCUT2D eigenvalue weighted by atomic mass is 35.5. The van der Waals surface area contributed by atoms with Crippen molar-refractivity contribution in [2.24, 2.45) is 0 Å². The van der Waals surface area contributed by atoms with Crippen LogP contribution in [0.15, 0.2) is 47.4 Å². The lowest BCUT2D eigenvalue weighted by Crippen LogP contribution is -2.50. The highest BCUT2D eigenvalue weighted by Crippen LogP contribution is 2.26. The first kappa shape index (κ1) is 18.7. The molecular formula is C18H19ClN2O4S. The lowest BCUT2D eigenvalue weighted by molar-refractivity contribution is 0.0695. The summed E-state index contributed by atoms with van der Waals surface area (Å²) in [5.74, 6) is -0.376. The second-order valence-corrected chi connectivity index (χ2v) is 8.46. The van der Waals surface area contributed by atoms with E-state index >= 15 is 0 Å². The number of piperazine rings is 1. The predicted octanol–water partition coefficient (Wildman–Crippen LogP) is 2.50. The molecule has 0 bridgehead atoms. The monoisotopic (exact) mass is 394 g/mol. The van der Waals surface area contributed by atoms with Crippen molar-refractivity contribution >= 4 is 27.5 Å². The minimum atomic E-state index is -3.71. The summed E-state index contributed by atoms with van der Waals surface area (Å²) >= 11 is 6.02. The Bertz CT molecular complexity index is 938. The number of benzene rings is 2. The average molecular weight is 395 g/mol. The number of carbonyl (C=O) groups excluding carboxylic acids is 1. The number of carbonyl (C=O) groups is 1. The summed E-state index contributed by atoms with van der Waals surface area (Å²) in [4.78, 5) is 14.2. The van der Waals surface area contributed by atoms with Crippen LogP contribution in [-0.2, 0) is 10.0 Å². The fourth-order valence-electron chi connectivity index (χ4n) is 2.92. The molecule has 1 heterocycles. The maximum Gasteiger partial charge on any atom is 0.257 e. The van der Waals surface area contributed by atoms with Crippen molar-refractivity contribution in [2.45, 2.75) is 11.8 Å². The lowest BCUT2D eigenvalue weighted by Gasteiger charge is -2.34. The number of sulfonamides is 1. The van der Waals surface area contributed by atoms with Gasteiger partial charge in [0.05, 0.1) is 10.6 Å². The molecule has 0 spiro atoms. The molecule has 2 aromatic rings. The van der Waals surface area contributed by atoms with Gasteiger partial charge in [0.25, 0.3) is 5.91 Å². The second kappa shape index (κ2) is 7.26. The average Bonchev–Trinajstić information content (AvgIpc) is 2.61. The van der Waals surface area contributed by atoms with E-state index in [0.717, 1.165) is 5.56 Å². The first-order valence-electron chi connectivity index (χ1n) is 8.14. The minimum Gasteiger partial charge on any atom is -0.507 e. The summed E-state index contributed by atoms with van der Waals surface area (Å²) in [7, 11) is -3.71. The highest BCUT2D eigenvalue weighted by molar-refractivity contribution is 7.89. The van der Waals surface area contributed by atoms with Crippen LogP contribution in [0.25, 0.3) is 0 Å². The third-order valence-corrected chi connectivity index (χ3v) is 6.76. The quantitative estimate of drug-likeness (QED) is 0.867. The molecule has 0 aliphatic carbocycles. The van der Waals surface area contributed by atoms with E-state index in [0.29, 0.717) is 0 Å². The van der Waals surface area contributed by atoms with Gasteiger partial charge in [0, 0.05) is 26.2 Å². The maximum atomic E-state index is 12.7. The van der Waals surface area contributed by atoms with Crippen LogP contribution in [0.2, 0.25) is 5.02 Å². The van der Waals surface area contributed by atoms with E-state index in [-0.39, 0.29) is 53.3 Å². The predicted molar refractivity (Wildman–Crippen MR) is 99.0 cm³/mol. The van der Waals surface area contributed by atoms with Gasteiger partial charge >= 0.3 is 0 Å². The first-order chi connectivity index (χ1) is 12.3. The van der Waals surface area contributed by atoms with Crippen LogP contribution in [0, 0.1) is 6.92 Å². The number of rotatable bonds is 3. The van der Waals surface area contributed by atoms with Crippen molar-refractivity contribution in [2.75, 3.05) is 26.2 Å². The first-order valence-corrected chi connectivity index (χ1v) is 9.96. The zero-order chi connectivity index (χ0) is 18.9. The maximum absolute atomic E-state index is 12.7. The van der Waals surface area contributed by atoms with Crippen molar-refractivity contribution in [1.82, 2.24) is 9.21 Å². The van der Waals surface area contributed by atoms with E-state index < -0.39 is 10.0 Å². The van der Waals surface area contributed by atoms with Gasteiger partial charge in [-0.15, -0.1) is 0 Å². The van der Waals surface area contributed by atoms with Crippen molar-refractivity contribution in [1.29, 1.82) is 0 Å². The number of aromatic hydroxyl groups is 1. The summed E-state index contributed by atoms with van der Waals surface area (Å²) in [5, 5.41) is 10.2. The molecule has 8 heteroatoms. The van der Waals surface area contributed by atoms with E-state index in [2.05, 4.69) is 0 Å². The Labute approximate surface area is 157 Å². The van der Waals surface area contributed by atoms with Gasteiger partial charge in [-0.2, -0.15) is 4.31 Å². The molecule has 0 atom stereocenters. The van der Waals surface area contributed by atoms with Crippen LogP contribution < -0.4 is 0 Å². The topological polar surface area (TPSA) is 77.9 Å². The lowest BCUT2D eigenvalue weighted by atomic mass is 10.1. The van der Waals surface area contributed by atoms with E-state index in [1.54, 1.807) is 29.2 Å². The highest BCUT2D eigenvalue weighted by Gasteiger charge is 2.32. The fourth-order valence-corrected chi connectivity index (χ4v) is 4.83. The zero-order valence-electron chi connectivity index (χ0n) is 14.2. The third kappa shape index (κ3) is 3.56. The molecule has 0 aromatic heterocycles. The van der Waals surface area contributed by atoms with Crippen molar-refractivity contribution < 1.29 is 18.3 Å². The van der Waals surface area contributed by atoms with Crippen LogP contribution in [0.1, 0.15) is 15.9 Å². The Kier molecular flexibility index (Phi) is 5.22. The van der Waals surface area contributed by atoms with Gasteiger partial charge in [-0.3, -0.25) is 4.79 Å². The number of phenols is 1. The van der Waals surface area contributed by atoms with Crippen LogP contribution in [0.4, 0.5) is 0 Å². The molecule has 2 aromatic carbocycles. The van der Waals surface area contributed by atoms with Gasteiger partial charge in [0.1, 0.15) is 10.6 Å². The molecule has 1 aliphatic rings. The summed E-state index contributed by atoms with van der Waals surface area (Å²) in [6.45, 7) is 2.66. The molecule has 1 amide bonds. The number of halogens is 1. The molecule has 0 radical (unpaired) electrons. The molecule has 1 N–H and O–H groups in total. The van der Waals surface area contributed by atoms with E-state index in [1.165, 1.54) is 22.5 Å². The van der Waals surface area contributed by atoms with Crippen LogP contribution >= 0.6 is 11.6 Å². The molecule has 138 valence electrons. The fraction of sp³-hybridized carbons (Fsp3) is 0.278. The summed E-state index contributed by atoms with van der Waals surface area (Å²) in [5.41, 5.74) is 1.08. The summed E-state index contributed by atoms with van der Waals surface area (Å²) in [6, 6.07) is 11.2.